The molecule has 0 spiro atoms. The number of rotatable bonds is 4. The van der Waals surface area contributed by atoms with Crippen LogP contribution < -0.4 is 11.1 Å². The Kier molecular flexibility index (Phi) is 5.14. The zero-order valence-electron chi connectivity index (χ0n) is 11.7. The van der Waals surface area contributed by atoms with Gasteiger partial charge in [-0.3, -0.25) is 4.79 Å². The first kappa shape index (κ1) is 16.5. The van der Waals surface area contributed by atoms with Crippen molar-refractivity contribution in [2.24, 2.45) is 11.1 Å². The minimum absolute atomic E-state index is 0.0600. The van der Waals surface area contributed by atoms with Gasteiger partial charge >= 0.3 is 5.97 Å². The van der Waals surface area contributed by atoms with E-state index in [4.69, 9.17) is 22.4 Å². The van der Waals surface area contributed by atoms with Crippen LogP contribution in [-0.2, 0) is 4.79 Å². The molecule has 1 rings (SSSR count). The average Bonchev–Trinajstić information content (AvgIpc) is 2.30. The van der Waals surface area contributed by atoms with Crippen LogP contribution in [0, 0.1) is 5.41 Å². The Morgan fingerprint density at radius 1 is 1.40 bits per heavy atom. The summed E-state index contributed by atoms with van der Waals surface area (Å²) < 4.78 is 0. The molecule has 20 heavy (non-hydrogen) atoms. The molecule has 0 aromatic heterocycles. The predicted octanol–water partition coefficient (Wildman–Crippen LogP) is 2.74. The number of hydrogen-bond acceptors (Lipinski definition) is 3. The van der Waals surface area contributed by atoms with Crippen molar-refractivity contribution in [3.05, 3.63) is 28.8 Å². The number of hydrogen-bond donors (Lipinski definition) is 3. The van der Waals surface area contributed by atoms with Crippen molar-refractivity contribution in [2.45, 2.75) is 33.2 Å². The summed E-state index contributed by atoms with van der Waals surface area (Å²) in [7, 11) is 0. The van der Waals surface area contributed by atoms with Crippen LogP contribution in [0.4, 0.5) is 5.69 Å². The van der Waals surface area contributed by atoms with E-state index in [2.05, 4.69) is 5.32 Å². The summed E-state index contributed by atoms with van der Waals surface area (Å²) in [5, 5.41) is 11.8. The number of carboxylic acids is 1. The molecule has 0 radical (unpaired) electrons. The summed E-state index contributed by atoms with van der Waals surface area (Å²) in [6.07, 6.45) is 0.136. The zero-order chi connectivity index (χ0) is 15.5. The lowest BCUT2D eigenvalue weighted by molar-refractivity contribution is -0.117. The second kappa shape index (κ2) is 6.24. The molecule has 0 bridgehead atoms. The van der Waals surface area contributed by atoms with Crippen LogP contribution in [0.5, 0.6) is 0 Å². The minimum Gasteiger partial charge on any atom is -0.478 e. The van der Waals surface area contributed by atoms with E-state index in [-0.39, 0.29) is 40.1 Å². The summed E-state index contributed by atoms with van der Waals surface area (Å²) in [6, 6.07) is 3.83. The third-order valence-corrected chi connectivity index (χ3v) is 3.33. The first-order chi connectivity index (χ1) is 9.11. The lowest BCUT2D eigenvalue weighted by atomic mass is 9.85. The number of anilines is 1. The number of carbonyl (C=O) groups is 2. The van der Waals surface area contributed by atoms with E-state index in [0.717, 1.165) is 0 Å². The van der Waals surface area contributed by atoms with Crippen LogP contribution in [0.3, 0.4) is 0 Å². The van der Waals surface area contributed by atoms with Crippen LogP contribution >= 0.6 is 11.6 Å². The van der Waals surface area contributed by atoms with E-state index in [0.29, 0.717) is 0 Å². The molecule has 0 aliphatic rings. The van der Waals surface area contributed by atoms with Crippen LogP contribution in [-0.4, -0.2) is 23.0 Å². The molecule has 1 aromatic carbocycles. The fourth-order valence-electron chi connectivity index (χ4n) is 1.46. The Bertz CT molecular complexity index is 524. The summed E-state index contributed by atoms with van der Waals surface area (Å²) in [6.45, 7) is 5.84. The van der Waals surface area contributed by atoms with E-state index in [1.54, 1.807) is 0 Å². The SMILES string of the molecule is CC(C)(C)C(N)CC(=O)Nc1cc(C(=O)O)ccc1Cl. The molecule has 0 saturated carbocycles. The maximum Gasteiger partial charge on any atom is 0.335 e. The normalized spacial score (nSPS) is 12.8. The van der Waals surface area contributed by atoms with Gasteiger partial charge in [-0.25, -0.2) is 4.79 Å². The standard InChI is InChI=1S/C14H19ClN2O3/c1-14(2,3)11(16)7-12(18)17-10-6-8(13(19)20)4-5-9(10)15/h4-6,11H,7,16H2,1-3H3,(H,17,18)(H,19,20). The highest BCUT2D eigenvalue weighted by molar-refractivity contribution is 6.33. The summed E-state index contributed by atoms with van der Waals surface area (Å²) in [4.78, 5) is 22.8. The number of halogens is 1. The maximum atomic E-state index is 11.9. The van der Waals surface area contributed by atoms with E-state index in [9.17, 15) is 9.59 Å². The van der Waals surface area contributed by atoms with Crippen molar-refractivity contribution in [3.63, 3.8) is 0 Å². The largest absolute Gasteiger partial charge is 0.478 e. The summed E-state index contributed by atoms with van der Waals surface area (Å²) in [5.41, 5.74) is 6.08. The summed E-state index contributed by atoms with van der Waals surface area (Å²) >= 11 is 5.93. The van der Waals surface area contributed by atoms with Gasteiger partial charge in [0.2, 0.25) is 5.91 Å². The van der Waals surface area contributed by atoms with E-state index < -0.39 is 5.97 Å². The Morgan fingerprint density at radius 3 is 2.50 bits per heavy atom. The number of nitrogens with one attached hydrogen (secondary N) is 1. The van der Waals surface area contributed by atoms with E-state index >= 15 is 0 Å². The number of aromatic carboxylic acids is 1. The van der Waals surface area contributed by atoms with Gasteiger partial charge in [0.25, 0.3) is 0 Å². The Morgan fingerprint density at radius 2 is 2.00 bits per heavy atom. The minimum atomic E-state index is -1.08. The molecular formula is C14H19ClN2O3. The van der Waals surface area contributed by atoms with E-state index in [1.165, 1.54) is 18.2 Å². The first-order valence-electron chi connectivity index (χ1n) is 6.19. The molecule has 0 fully saturated rings. The third-order valence-electron chi connectivity index (χ3n) is 3.01. The smallest absolute Gasteiger partial charge is 0.335 e. The topological polar surface area (TPSA) is 92.4 Å². The molecule has 0 aliphatic heterocycles. The number of carboxylic acid groups (broad SMARTS) is 1. The number of benzene rings is 1. The molecule has 1 amide bonds. The van der Waals surface area contributed by atoms with Gasteiger partial charge in [0, 0.05) is 12.5 Å². The van der Waals surface area contributed by atoms with Crippen LogP contribution in [0.15, 0.2) is 18.2 Å². The second-order valence-electron chi connectivity index (χ2n) is 5.72. The highest BCUT2D eigenvalue weighted by Gasteiger charge is 2.23. The van der Waals surface area contributed by atoms with Gasteiger partial charge in [-0.1, -0.05) is 32.4 Å². The number of amides is 1. The van der Waals surface area contributed by atoms with Gasteiger partial charge in [0.1, 0.15) is 0 Å². The van der Waals surface area contributed by atoms with Crippen LogP contribution in [0.2, 0.25) is 5.02 Å². The van der Waals surface area contributed by atoms with Crippen LogP contribution in [0.1, 0.15) is 37.6 Å². The van der Waals surface area contributed by atoms with Crippen LogP contribution in [0.25, 0.3) is 0 Å². The Balaban J connectivity index is 2.80. The first-order valence-corrected chi connectivity index (χ1v) is 6.57. The quantitative estimate of drug-likeness (QED) is 0.797. The molecule has 5 nitrogen and oxygen atoms in total. The number of nitrogens with two attached hydrogens (primary N) is 1. The highest BCUT2D eigenvalue weighted by atomic mass is 35.5. The molecule has 110 valence electrons. The van der Waals surface area contributed by atoms with Gasteiger partial charge in [0.05, 0.1) is 16.3 Å². The molecule has 0 saturated heterocycles. The zero-order valence-corrected chi connectivity index (χ0v) is 12.5. The molecule has 1 atom stereocenters. The molecular weight excluding hydrogens is 280 g/mol. The molecule has 1 aromatic rings. The molecule has 0 heterocycles. The molecule has 6 heteroatoms. The highest BCUT2D eigenvalue weighted by Crippen LogP contribution is 2.24. The third kappa shape index (κ3) is 4.51. The Labute approximate surface area is 123 Å². The molecule has 4 N–H and O–H groups in total. The van der Waals surface area contributed by atoms with Crippen molar-refractivity contribution in [1.82, 2.24) is 0 Å². The van der Waals surface area contributed by atoms with Gasteiger partial charge in [0.15, 0.2) is 0 Å². The van der Waals surface area contributed by atoms with Crippen molar-refractivity contribution >= 4 is 29.2 Å². The lowest BCUT2D eigenvalue weighted by Crippen LogP contribution is -2.38. The maximum absolute atomic E-state index is 11.9. The number of carbonyl (C=O) groups excluding carboxylic acids is 1. The predicted molar refractivity (Wildman–Crippen MR) is 79.1 cm³/mol. The fourth-order valence-corrected chi connectivity index (χ4v) is 1.63. The average molecular weight is 299 g/mol. The van der Waals surface area contributed by atoms with Crippen molar-refractivity contribution < 1.29 is 14.7 Å². The van der Waals surface area contributed by atoms with Crippen molar-refractivity contribution in [2.75, 3.05) is 5.32 Å². The van der Waals surface area contributed by atoms with Gasteiger partial charge < -0.3 is 16.2 Å². The lowest BCUT2D eigenvalue weighted by Gasteiger charge is -2.26. The fraction of sp³-hybridized carbons (Fsp3) is 0.429. The van der Waals surface area contributed by atoms with Gasteiger partial charge in [-0.05, 0) is 23.6 Å². The Hall–Kier alpha value is -1.59. The molecule has 0 aliphatic carbocycles. The monoisotopic (exact) mass is 298 g/mol. The van der Waals surface area contributed by atoms with Crippen molar-refractivity contribution in [3.8, 4) is 0 Å². The summed E-state index contributed by atoms with van der Waals surface area (Å²) in [5.74, 6) is -1.37. The second-order valence-corrected chi connectivity index (χ2v) is 6.13. The van der Waals surface area contributed by atoms with Gasteiger partial charge in [-0.2, -0.15) is 0 Å². The van der Waals surface area contributed by atoms with Gasteiger partial charge in [-0.15, -0.1) is 0 Å². The van der Waals surface area contributed by atoms with Crippen molar-refractivity contribution in [1.29, 1.82) is 0 Å². The molecule has 1 unspecified atom stereocenters. The van der Waals surface area contributed by atoms with E-state index in [1.807, 2.05) is 20.8 Å².